The van der Waals surface area contributed by atoms with Gasteiger partial charge in [-0.2, -0.15) is 0 Å². The number of nitrogens with zero attached hydrogens (tertiary/aromatic N) is 2. The van der Waals surface area contributed by atoms with Gasteiger partial charge in [-0.15, -0.1) is 0 Å². The Morgan fingerprint density at radius 2 is 1.88 bits per heavy atom. The van der Waals surface area contributed by atoms with Gasteiger partial charge in [0.05, 0.1) is 0 Å². The van der Waals surface area contributed by atoms with Gasteiger partial charge in [0, 0.05) is 36.9 Å². The van der Waals surface area contributed by atoms with Crippen molar-refractivity contribution in [2.75, 3.05) is 37.6 Å². The van der Waals surface area contributed by atoms with Crippen LogP contribution in [0.5, 0.6) is 0 Å². The topological polar surface area (TPSA) is 6.48 Å². The first-order valence-corrected chi connectivity index (χ1v) is 6.82. The molecule has 0 amide bonds. The van der Waals surface area contributed by atoms with Crippen LogP contribution in [-0.4, -0.2) is 37.6 Å². The van der Waals surface area contributed by atoms with Gasteiger partial charge in [0.25, 0.3) is 0 Å². The maximum atomic E-state index is 6.17. The number of piperazine rings is 1. The summed E-state index contributed by atoms with van der Waals surface area (Å²) >= 11 is 6.17. The molecular formula is C14H21ClN2. The lowest BCUT2D eigenvalue weighted by molar-refractivity contribution is 0.258. The van der Waals surface area contributed by atoms with Gasteiger partial charge < -0.3 is 4.90 Å². The van der Waals surface area contributed by atoms with Crippen molar-refractivity contribution in [2.24, 2.45) is 0 Å². The fourth-order valence-electron chi connectivity index (χ4n) is 2.47. The summed E-state index contributed by atoms with van der Waals surface area (Å²) in [5.41, 5.74) is 2.51. The molecule has 1 fully saturated rings. The predicted molar refractivity (Wildman–Crippen MR) is 75.1 cm³/mol. The Balaban J connectivity index is 2.03. The van der Waals surface area contributed by atoms with Crippen LogP contribution < -0.4 is 4.90 Å². The van der Waals surface area contributed by atoms with E-state index in [1.54, 1.807) is 0 Å². The average Bonchev–Trinajstić information content (AvgIpc) is 2.34. The van der Waals surface area contributed by atoms with Crippen molar-refractivity contribution in [1.82, 2.24) is 4.90 Å². The van der Waals surface area contributed by atoms with Gasteiger partial charge in [-0.05, 0) is 37.6 Å². The molecule has 0 aromatic heterocycles. The van der Waals surface area contributed by atoms with Crippen molar-refractivity contribution in [3.05, 3.63) is 28.8 Å². The molecule has 1 aliphatic heterocycles. The zero-order chi connectivity index (χ0) is 12.3. The number of hydrogen-bond donors (Lipinski definition) is 0. The van der Waals surface area contributed by atoms with E-state index in [0.717, 1.165) is 18.1 Å². The van der Waals surface area contributed by atoms with Crippen LogP contribution >= 0.6 is 11.6 Å². The van der Waals surface area contributed by atoms with E-state index in [2.05, 4.69) is 29.7 Å². The Morgan fingerprint density at radius 1 is 1.18 bits per heavy atom. The Hall–Kier alpha value is -0.730. The third kappa shape index (κ3) is 2.93. The van der Waals surface area contributed by atoms with Crippen LogP contribution in [-0.2, 0) is 0 Å². The summed E-state index contributed by atoms with van der Waals surface area (Å²) in [4.78, 5) is 4.99. The molecule has 0 atom stereocenters. The van der Waals surface area contributed by atoms with Crippen LogP contribution in [0.1, 0.15) is 18.9 Å². The Bertz CT molecular complexity index is 370. The van der Waals surface area contributed by atoms with Gasteiger partial charge in [0.2, 0.25) is 0 Å². The van der Waals surface area contributed by atoms with Crippen molar-refractivity contribution in [3.8, 4) is 0 Å². The van der Waals surface area contributed by atoms with E-state index in [1.807, 2.05) is 12.1 Å². The summed E-state index contributed by atoms with van der Waals surface area (Å²) in [5, 5.41) is 0.874. The maximum absolute atomic E-state index is 6.17. The quantitative estimate of drug-likeness (QED) is 0.815. The van der Waals surface area contributed by atoms with E-state index < -0.39 is 0 Å². The van der Waals surface area contributed by atoms with E-state index in [-0.39, 0.29) is 0 Å². The highest BCUT2D eigenvalue weighted by Crippen LogP contribution is 2.27. The number of halogens is 1. The van der Waals surface area contributed by atoms with E-state index in [1.165, 1.54) is 37.3 Å². The van der Waals surface area contributed by atoms with Crippen molar-refractivity contribution < 1.29 is 0 Å². The summed E-state index contributed by atoms with van der Waals surface area (Å²) in [6.45, 7) is 10.1. The van der Waals surface area contributed by atoms with Crippen LogP contribution in [0.3, 0.4) is 0 Å². The molecular weight excluding hydrogens is 232 g/mol. The first-order chi connectivity index (χ1) is 8.22. The number of anilines is 1. The lowest BCUT2D eigenvalue weighted by Gasteiger charge is -2.36. The highest BCUT2D eigenvalue weighted by molar-refractivity contribution is 6.31. The largest absolute Gasteiger partial charge is 0.369 e. The summed E-state index contributed by atoms with van der Waals surface area (Å²) in [5.74, 6) is 0. The Labute approximate surface area is 109 Å². The molecule has 2 nitrogen and oxygen atoms in total. The zero-order valence-electron chi connectivity index (χ0n) is 10.7. The lowest BCUT2D eigenvalue weighted by Crippen LogP contribution is -2.46. The molecule has 3 heteroatoms. The Morgan fingerprint density at radius 3 is 2.53 bits per heavy atom. The molecule has 0 unspecified atom stereocenters. The first-order valence-electron chi connectivity index (χ1n) is 6.44. The maximum Gasteiger partial charge on any atom is 0.0455 e. The average molecular weight is 253 g/mol. The highest BCUT2D eigenvalue weighted by Gasteiger charge is 2.18. The smallest absolute Gasteiger partial charge is 0.0455 e. The number of benzene rings is 1. The van der Waals surface area contributed by atoms with Crippen molar-refractivity contribution >= 4 is 17.3 Å². The molecule has 1 heterocycles. The van der Waals surface area contributed by atoms with Gasteiger partial charge >= 0.3 is 0 Å². The summed E-state index contributed by atoms with van der Waals surface area (Å²) in [6, 6.07) is 6.19. The summed E-state index contributed by atoms with van der Waals surface area (Å²) in [6.07, 6.45) is 1.25. The van der Waals surface area contributed by atoms with Gasteiger partial charge in [-0.25, -0.2) is 0 Å². The SMILES string of the molecule is CCCN1CCN(c2cccc(Cl)c2C)CC1. The number of rotatable bonds is 3. The minimum Gasteiger partial charge on any atom is -0.369 e. The molecule has 0 aliphatic carbocycles. The first kappa shape index (κ1) is 12.7. The third-order valence-electron chi connectivity index (χ3n) is 3.49. The molecule has 1 aromatic carbocycles. The van der Waals surface area contributed by atoms with Crippen LogP contribution in [0.2, 0.25) is 5.02 Å². The summed E-state index contributed by atoms with van der Waals surface area (Å²) < 4.78 is 0. The second kappa shape index (κ2) is 5.74. The van der Waals surface area contributed by atoms with Crippen molar-refractivity contribution in [3.63, 3.8) is 0 Å². The highest BCUT2D eigenvalue weighted by atomic mass is 35.5. The second-order valence-electron chi connectivity index (χ2n) is 4.71. The molecule has 17 heavy (non-hydrogen) atoms. The van der Waals surface area contributed by atoms with E-state index in [9.17, 15) is 0 Å². The van der Waals surface area contributed by atoms with Crippen LogP contribution in [0.15, 0.2) is 18.2 Å². The monoisotopic (exact) mass is 252 g/mol. The molecule has 0 spiro atoms. The van der Waals surface area contributed by atoms with Crippen molar-refractivity contribution in [1.29, 1.82) is 0 Å². The van der Waals surface area contributed by atoms with E-state index in [0.29, 0.717) is 0 Å². The van der Waals surface area contributed by atoms with Gasteiger partial charge in [0.1, 0.15) is 0 Å². The molecule has 0 radical (unpaired) electrons. The fourth-order valence-corrected chi connectivity index (χ4v) is 2.64. The molecule has 1 aliphatic rings. The van der Waals surface area contributed by atoms with E-state index in [4.69, 9.17) is 11.6 Å². The minimum atomic E-state index is 0.874. The molecule has 94 valence electrons. The lowest BCUT2D eigenvalue weighted by atomic mass is 10.1. The Kier molecular flexibility index (Phi) is 4.30. The van der Waals surface area contributed by atoms with Crippen LogP contribution in [0.25, 0.3) is 0 Å². The van der Waals surface area contributed by atoms with Crippen LogP contribution in [0.4, 0.5) is 5.69 Å². The van der Waals surface area contributed by atoms with Crippen molar-refractivity contribution in [2.45, 2.75) is 20.3 Å². The van der Waals surface area contributed by atoms with E-state index >= 15 is 0 Å². The standard InChI is InChI=1S/C14H21ClN2/c1-3-7-16-8-10-17(11-9-16)14-6-4-5-13(15)12(14)2/h4-6H,3,7-11H2,1-2H3. The second-order valence-corrected chi connectivity index (χ2v) is 5.12. The molecule has 0 bridgehead atoms. The molecule has 0 N–H and O–H groups in total. The molecule has 1 aromatic rings. The van der Waals surface area contributed by atoms with Crippen LogP contribution in [0, 0.1) is 6.92 Å². The fraction of sp³-hybridized carbons (Fsp3) is 0.571. The van der Waals surface area contributed by atoms with Gasteiger partial charge in [-0.3, -0.25) is 4.90 Å². The number of hydrogen-bond acceptors (Lipinski definition) is 2. The normalized spacial score (nSPS) is 17.5. The minimum absolute atomic E-state index is 0.874. The predicted octanol–water partition coefficient (Wildman–Crippen LogP) is 3.18. The molecule has 1 saturated heterocycles. The third-order valence-corrected chi connectivity index (χ3v) is 3.90. The molecule has 2 rings (SSSR count). The van der Waals surface area contributed by atoms with Gasteiger partial charge in [0.15, 0.2) is 0 Å². The molecule has 0 saturated carbocycles. The van der Waals surface area contributed by atoms with Gasteiger partial charge in [-0.1, -0.05) is 24.6 Å². The summed E-state index contributed by atoms with van der Waals surface area (Å²) in [7, 11) is 0. The zero-order valence-corrected chi connectivity index (χ0v) is 11.5.